The van der Waals surface area contributed by atoms with Crippen LogP contribution in [0.2, 0.25) is 0 Å². The Hall–Kier alpha value is -2.34. The summed E-state index contributed by atoms with van der Waals surface area (Å²) in [5.74, 6) is 0.343. The van der Waals surface area contributed by atoms with Crippen LogP contribution in [0.1, 0.15) is 61.3 Å². The van der Waals surface area contributed by atoms with E-state index in [9.17, 15) is 9.59 Å². The number of aryl methyl sites for hydroxylation is 3. The Morgan fingerprint density at radius 3 is 2.39 bits per heavy atom. The van der Waals surface area contributed by atoms with Crippen LogP contribution >= 0.6 is 15.9 Å². The number of ether oxygens (including phenoxy) is 1. The zero-order valence-electron chi connectivity index (χ0n) is 20.1. The number of benzene rings is 2. The van der Waals surface area contributed by atoms with E-state index in [-0.39, 0.29) is 24.5 Å². The summed E-state index contributed by atoms with van der Waals surface area (Å²) in [6, 6.07) is 11.5. The number of nitrogens with zero attached hydrogens (tertiary/aromatic N) is 1. The van der Waals surface area contributed by atoms with Crippen molar-refractivity contribution >= 4 is 27.7 Å². The largest absolute Gasteiger partial charge is 0.484 e. The van der Waals surface area contributed by atoms with Crippen LogP contribution < -0.4 is 10.1 Å². The molecule has 2 amide bonds. The fourth-order valence-electron chi connectivity index (χ4n) is 4.38. The summed E-state index contributed by atoms with van der Waals surface area (Å²) in [5, 5.41) is 3.17. The van der Waals surface area contributed by atoms with Crippen molar-refractivity contribution in [3.8, 4) is 5.75 Å². The van der Waals surface area contributed by atoms with Gasteiger partial charge < -0.3 is 15.0 Å². The van der Waals surface area contributed by atoms with Crippen molar-refractivity contribution in [3.05, 3.63) is 63.1 Å². The minimum atomic E-state index is -0.586. The Balaban J connectivity index is 1.73. The van der Waals surface area contributed by atoms with Crippen LogP contribution in [0.5, 0.6) is 5.75 Å². The zero-order chi connectivity index (χ0) is 24.0. The topological polar surface area (TPSA) is 58.6 Å². The second kappa shape index (κ2) is 11.7. The van der Waals surface area contributed by atoms with Crippen LogP contribution in [0.3, 0.4) is 0 Å². The van der Waals surface area contributed by atoms with Crippen LogP contribution in [0.15, 0.2) is 40.9 Å². The van der Waals surface area contributed by atoms with Crippen molar-refractivity contribution in [1.29, 1.82) is 0 Å². The van der Waals surface area contributed by atoms with Gasteiger partial charge in [0.1, 0.15) is 11.8 Å². The molecule has 1 fully saturated rings. The maximum atomic E-state index is 13.3. The highest BCUT2D eigenvalue weighted by molar-refractivity contribution is 9.10. The second-order valence-corrected chi connectivity index (χ2v) is 9.98. The van der Waals surface area contributed by atoms with E-state index in [1.807, 2.05) is 57.2 Å². The van der Waals surface area contributed by atoms with Gasteiger partial charge in [-0.3, -0.25) is 9.59 Å². The smallest absolute Gasteiger partial charge is 0.261 e. The molecule has 1 saturated carbocycles. The van der Waals surface area contributed by atoms with Crippen LogP contribution in [0, 0.1) is 20.8 Å². The van der Waals surface area contributed by atoms with Crippen LogP contribution in [0.4, 0.5) is 0 Å². The van der Waals surface area contributed by atoms with Gasteiger partial charge in [-0.15, -0.1) is 0 Å². The Labute approximate surface area is 206 Å². The molecule has 0 spiro atoms. The van der Waals surface area contributed by atoms with Gasteiger partial charge in [0.2, 0.25) is 5.91 Å². The number of hydrogen-bond acceptors (Lipinski definition) is 3. The van der Waals surface area contributed by atoms with E-state index in [0.717, 1.165) is 52.4 Å². The molecule has 3 rings (SSSR count). The third-order valence-electron chi connectivity index (χ3n) is 6.33. The molecule has 5 nitrogen and oxygen atoms in total. The van der Waals surface area contributed by atoms with Gasteiger partial charge in [0, 0.05) is 17.1 Å². The molecule has 1 atom stereocenters. The summed E-state index contributed by atoms with van der Waals surface area (Å²) in [6.07, 6.45) is 5.54. The first kappa shape index (κ1) is 25.3. The maximum Gasteiger partial charge on any atom is 0.261 e. The Morgan fingerprint density at radius 2 is 1.76 bits per heavy atom. The monoisotopic (exact) mass is 514 g/mol. The molecular weight excluding hydrogens is 480 g/mol. The van der Waals surface area contributed by atoms with Crippen molar-refractivity contribution < 1.29 is 14.3 Å². The standard InChI is InChI=1S/C27H35BrN2O3/c1-18-9-8-10-22(13-18)16-30(21(4)27(32)29-23-11-6-5-7-12-23)25(31)17-33-24-14-19(2)26(28)20(3)15-24/h8-10,13-15,21,23H,5-7,11-12,16-17H2,1-4H3,(H,29,32). The van der Waals surface area contributed by atoms with E-state index in [2.05, 4.69) is 21.2 Å². The van der Waals surface area contributed by atoms with Crippen LogP contribution in [-0.4, -0.2) is 35.4 Å². The summed E-state index contributed by atoms with van der Waals surface area (Å²) in [6.45, 7) is 8.06. The molecule has 0 saturated heterocycles. The minimum absolute atomic E-state index is 0.0989. The molecule has 0 bridgehead atoms. The maximum absolute atomic E-state index is 13.3. The lowest BCUT2D eigenvalue weighted by molar-refractivity contribution is -0.142. The van der Waals surface area contributed by atoms with Crippen molar-refractivity contribution in [1.82, 2.24) is 10.2 Å². The van der Waals surface area contributed by atoms with E-state index in [4.69, 9.17) is 4.74 Å². The predicted octanol–water partition coefficient (Wildman–Crippen LogP) is 5.62. The zero-order valence-corrected chi connectivity index (χ0v) is 21.7. The van der Waals surface area contributed by atoms with Crippen molar-refractivity contribution in [2.75, 3.05) is 6.61 Å². The third-order valence-corrected chi connectivity index (χ3v) is 7.58. The number of amides is 2. The average molecular weight is 515 g/mol. The number of nitrogens with one attached hydrogen (secondary N) is 1. The van der Waals surface area contributed by atoms with E-state index in [1.54, 1.807) is 11.8 Å². The average Bonchev–Trinajstić information content (AvgIpc) is 2.79. The van der Waals surface area contributed by atoms with E-state index in [0.29, 0.717) is 12.3 Å². The van der Waals surface area contributed by atoms with Crippen molar-refractivity contribution in [2.24, 2.45) is 0 Å². The molecule has 1 aliphatic rings. The summed E-state index contributed by atoms with van der Waals surface area (Å²) in [7, 11) is 0. The number of carbonyl (C=O) groups excluding carboxylic acids is 2. The van der Waals surface area contributed by atoms with Crippen LogP contribution in [0.25, 0.3) is 0 Å². The molecule has 2 aromatic carbocycles. The highest BCUT2D eigenvalue weighted by Crippen LogP contribution is 2.26. The molecule has 0 radical (unpaired) electrons. The molecule has 33 heavy (non-hydrogen) atoms. The molecule has 6 heteroatoms. The molecule has 0 aromatic heterocycles. The summed E-state index contributed by atoms with van der Waals surface area (Å²) < 4.78 is 6.90. The van der Waals surface area contributed by atoms with Gasteiger partial charge in [-0.25, -0.2) is 0 Å². The normalized spacial score (nSPS) is 15.1. The molecule has 1 aliphatic carbocycles. The van der Waals surface area contributed by atoms with E-state index >= 15 is 0 Å². The Morgan fingerprint density at radius 1 is 1.09 bits per heavy atom. The third kappa shape index (κ3) is 7.07. The van der Waals surface area contributed by atoms with Gasteiger partial charge in [-0.05, 0) is 69.4 Å². The Bertz CT molecular complexity index is 962. The van der Waals surface area contributed by atoms with E-state index in [1.165, 1.54) is 6.42 Å². The van der Waals surface area contributed by atoms with Gasteiger partial charge >= 0.3 is 0 Å². The van der Waals surface area contributed by atoms with Gasteiger partial charge in [0.15, 0.2) is 6.61 Å². The molecule has 1 N–H and O–H groups in total. The molecule has 0 heterocycles. The van der Waals surface area contributed by atoms with Crippen LogP contribution in [-0.2, 0) is 16.1 Å². The Kier molecular flexibility index (Phi) is 8.95. The molecular formula is C27H35BrN2O3. The van der Waals surface area contributed by atoms with E-state index < -0.39 is 6.04 Å². The number of rotatable bonds is 8. The van der Waals surface area contributed by atoms with Crippen molar-refractivity contribution in [2.45, 2.75) is 78.4 Å². The lowest BCUT2D eigenvalue weighted by atomic mass is 9.95. The molecule has 0 aliphatic heterocycles. The number of halogens is 1. The summed E-state index contributed by atoms with van der Waals surface area (Å²) in [4.78, 5) is 28.0. The molecule has 2 aromatic rings. The van der Waals surface area contributed by atoms with Gasteiger partial charge in [-0.2, -0.15) is 0 Å². The fourth-order valence-corrected chi connectivity index (χ4v) is 4.60. The minimum Gasteiger partial charge on any atom is -0.484 e. The fraction of sp³-hybridized carbons (Fsp3) is 0.481. The first-order chi connectivity index (χ1) is 15.7. The highest BCUT2D eigenvalue weighted by atomic mass is 79.9. The highest BCUT2D eigenvalue weighted by Gasteiger charge is 2.28. The molecule has 178 valence electrons. The lowest BCUT2D eigenvalue weighted by Crippen LogP contribution is -2.51. The quantitative estimate of drug-likeness (QED) is 0.497. The SMILES string of the molecule is Cc1cccc(CN(C(=O)COc2cc(C)c(Br)c(C)c2)C(C)C(=O)NC2CCCCC2)c1. The number of carbonyl (C=O) groups is 2. The van der Waals surface area contributed by atoms with Gasteiger partial charge in [-0.1, -0.05) is 65.0 Å². The second-order valence-electron chi connectivity index (χ2n) is 9.19. The summed E-state index contributed by atoms with van der Waals surface area (Å²) >= 11 is 3.56. The van der Waals surface area contributed by atoms with Gasteiger partial charge in [0.05, 0.1) is 0 Å². The first-order valence-electron chi connectivity index (χ1n) is 11.8. The first-order valence-corrected chi connectivity index (χ1v) is 12.6. The number of hydrogen-bond donors (Lipinski definition) is 1. The molecule has 1 unspecified atom stereocenters. The predicted molar refractivity (Wildman–Crippen MR) is 135 cm³/mol. The van der Waals surface area contributed by atoms with Gasteiger partial charge in [0.25, 0.3) is 5.91 Å². The summed E-state index contributed by atoms with van der Waals surface area (Å²) in [5.41, 5.74) is 4.22. The van der Waals surface area contributed by atoms with Crippen molar-refractivity contribution in [3.63, 3.8) is 0 Å². The lowest BCUT2D eigenvalue weighted by Gasteiger charge is -2.31.